The van der Waals surface area contributed by atoms with Gasteiger partial charge in [-0.1, -0.05) is 39.3 Å². The summed E-state index contributed by atoms with van der Waals surface area (Å²) in [5, 5.41) is 31.7. The normalized spacial score (nSPS) is 39.6. The highest BCUT2D eigenvalue weighted by Crippen LogP contribution is 2.57. The van der Waals surface area contributed by atoms with Crippen molar-refractivity contribution in [2.45, 2.75) is 84.5 Å². The van der Waals surface area contributed by atoms with Crippen molar-refractivity contribution in [1.82, 2.24) is 0 Å². The van der Waals surface area contributed by atoms with E-state index in [4.69, 9.17) is 0 Å². The molecule has 0 saturated carbocycles. The van der Waals surface area contributed by atoms with Gasteiger partial charge in [0.15, 0.2) is 0 Å². The quantitative estimate of drug-likeness (QED) is 0.693. The number of aliphatic hydroxyl groups excluding tert-OH is 2. The van der Waals surface area contributed by atoms with E-state index in [1.807, 2.05) is 6.92 Å². The molecule has 23 heavy (non-hydrogen) atoms. The molecule has 0 fully saturated rings. The van der Waals surface area contributed by atoms with Gasteiger partial charge in [-0.15, -0.1) is 6.58 Å². The van der Waals surface area contributed by atoms with Gasteiger partial charge in [-0.3, -0.25) is 0 Å². The van der Waals surface area contributed by atoms with E-state index in [1.165, 1.54) is 5.57 Å². The maximum absolute atomic E-state index is 10.7. The Labute approximate surface area is 141 Å². The number of hydrogen-bond donors (Lipinski definition) is 3. The summed E-state index contributed by atoms with van der Waals surface area (Å²) in [6.45, 7) is 14.1. The summed E-state index contributed by atoms with van der Waals surface area (Å²) in [6.07, 6.45) is 4.63. The highest BCUT2D eigenvalue weighted by Gasteiger charge is 2.52. The lowest BCUT2D eigenvalue weighted by atomic mass is 9.53. The Kier molecular flexibility index (Phi) is 4.89. The van der Waals surface area contributed by atoms with Crippen LogP contribution in [0.2, 0.25) is 0 Å². The largest absolute Gasteiger partial charge is 0.390 e. The minimum Gasteiger partial charge on any atom is -0.390 e. The number of rotatable bonds is 4. The van der Waals surface area contributed by atoms with Gasteiger partial charge in [0.25, 0.3) is 0 Å². The van der Waals surface area contributed by atoms with Gasteiger partial charge in [0.1, 0.15) is 6.10 Å². The fourth-order valence-electron chi connectivity index (χ4n) is 4.65. The fourth-order valence-corrected chi connectivity index (χ4v) is 4.65. The topological polar surface area (TPSA) is 60.7 Å². The first kappa shape index (κ1) is 18.7. The molecule has 0 aromatic heterocycles. The summed E-state index contributed by atoms with van der Waals surface area (Å²) in [5.74, 6) is -0.0363. The fraction of sp³-hybridized carbons (Fsp3) is 0.800. The van der Waals surface area contributed by atoms with Crippen LogP contribution in [0.15, 0.2) is 23.8 Å². The molecule has 3 heteroatoms. The van der Waals surface area contributed by atoms with E-state index in [1.54, 1.807) is 13.0 Å². The zero-order chi connectivity index (χ0) is 17.6. The Morgan fingerprint density at radius 3 is 2.48 bits per heavy atom. The Balaban J connectivity index is 2.47. The van der Waals surface area contributed by atoms with Crippen molar-refractivity contribution >= 4 is 0 Å². The molecule has 3 N–H and O–H groups in total. The third-order valence-electron chi connectivity index (χ3n) is 6.70. The van der Waals surface area contributed by atoms with E-state index in [0.717, 1.165) is 31.3 Å². The lowest BCUT2D eigenvalue weighted by Gasteiger charge is -2.53. The summed E-state index contributed by atoms with van der Waals surface area (Å²) >= 11 is 0. The average Bonchev–Trinajstić information content (AvgIpc) is 2.48. The minimum absolute atomic E-state index is 0.0363. The predicted octanol–water partition coefficient (Wildman–Crippen LogP) is 3.59. The standard InChI is InChI=1S/C20H34O3/c1-7-19(5,23)11-12-20(6)13(2)16(21)17(22)15-14(20)9-8-10-18(15,3)4/h7,13,16-17,21-23H,1,8-12H2,2-6H3/t13-,16-,17+,19?,20-/m1/s1. The van der Waals surface area contributed by atoms with Gasteiger partial charge in [-0.2, -0.15) is 0 Å². The molecule has 0 bridgehead atoms. The van der Waals surface area contributed by atoms with Crippen molar-refractivity contribution in [2.24, 2.45) is 16.7 Å². The first-order valence-corrected chi connectivity index (χ1v) is 8.92. The van der Waals surface area contributed by atoms with Crippen LogP contribution < -0.4 is 0 Å². The van der Waals surface area contributed by atoms with Crippen LogP contribution >= 0.6 is 0 Å². The SMILES string of the molecule is C=CC(C)(O)CC[C@@]1(C)C2=C([C@H](O)[C@H](O)[C@H]1C)C(C)(C)CCC2. The van der Waals surface area contributed by atoms with E-state index in [2.05, 4.69) is 27.4 Å². The molecule has 2 rings (SSSR count). The molecular weight excluding hydrogens is 288 g/mol. The van der Waals surface area contributed by atoms with Crippen molar-refractivity contribution < 1.29 is 15.3 Å². The number of allylic oxidation sites excluding steroid dienone is 1. The first-order chi connectivity index (χ1) is 10.5. The van der Waals surface area contributed by atoms with Crippen LogP contribution in [0, 0.1) is 16.7 Å². The van der Waals surface area contributed by atoms with Crippen LogP contribution in [0.4, 0.5) is 0 Å². The Hall–Kier alpha value is -0.640. The maximum Gasteiger partial charge on any atom is 0.102 e. The van der Waals surface area contributed by atoms with Crippen LogP contribution in [0.25, 0.3) is 0 Å². The lowest BCUT2D eigenvalue weighted by molar-refractivity contribution is -0.0606. The molecule has 0 radical (unpaired) electrons. The summed E-state index contributed by atoms with van der Waals surface area (Å²) in [5.41, 5.74) is 1.21. The smallest absolute Gasteiger partial charge is 0.102 e. The highest BCUT2D eigenvalue weighted by molar-refractivity contribution is 5.37. The molecule has 2 aliphatic rings. The Morgan fingerprint density at radius 2 is 1.91 bits per heavy atom. The zero-order valence-corrected chi connectivity index (χ0v) is 15.4. The summed E-state index contributed by atoms with van der Waals surface area (Å²) in [4.78, 5) is 0. The predicted molar refractivity (Wildman–Crippen MR) is 94.0 cm³/mol. The summed E-state index contributed by atoms with van der Waals surface area (Å²) in [7, 11) is 0. The maximum atomic E-state index is 10.7. The molecule has 0 amide bonds. The van der Waals surface area contributed by atoms with Crippen LogP contribution in [0.5, 0.6) is 0 Å². The lowest BCUT2D eigenvalue weighted by Crippen LogP contribution is -2.52. The van der Waals surface area contributed by atoms with E-state index < -0.39 is 17.8 Å². The van der Waals surface area contributed by atoms with E-state index >= 15 is 0 Å². The molecule has 0 aromatic rings. The highest BCUT2D eigenvalue weighted by atomic mass is 16.3. The molecule has 132 valence electrons. The molecule has 3 nitrogen and oxygen atoms in total. The molecule has 2 aliphatic carbocycles. The van der Waals surface area contributed by atoms with E-state index in [9.17, 15) is 15.3 Å². The Bertz CT molecular complexity index is 503. The van der Waals surface area contributed by atoms with Crippen molar-refractivity contribution in [3.63, 3.8) is 0 Å². The zero-order valence-electron chi connectivity index (χ0n) is 15.4. The molecule has 0 saturated heterocycles. The van der Waals surface area contributed by atoms with Gasteiger partial charge >= 0.3 is 0 Å². The second kappa shape index (κ2) is 6.02. The molecule has 0 aliphatic heterocycles. The van der Waals surface area contributed by atoms with Gasteiger partial charge in [0.2, 0.25) is 0 Å². The van der Waals surface area contributed by atoms with E-state index in [-0.39, 0.29) is 16.7 Å². The molecule has 0 heterocycles. The van der Waals surface area contributed by atoms with Crippen molar-refractivity contribution in [3.05, 3.63) is 23.8 Å². The van der Waals surface area contributed by atoms with Gasteiger partial charge in [-0.25, -0.2) is 0 Å². The van der Waals surface area contributed by atoms with Crippen LogP contribution in [0.1, 0.15) is 66.7 Å². The van der Waals surface area contributed by atoms with Gasteiger partial charge in [0.05, 0.1) is 11.7 Å². The van der Waals surface area contributed by atoms with Crippen molar-refractivity contribution in [2.75, 3.05) is 0 Å². The van der Waals surface area contributed by atoms with Crippen LogP contribution in [-0.4, -0.2) is 33.1 Å². The van der Waals surface area contributed by atoms with Gasteiger partial charge in [0, 0.05) is 0 Å². The van der Waals surface area contributed by atoms with E-state index in [0.29, 0.717) is 6.42 Å². The molecule has 0 aromatic carbocycles. The van der Waals surface area contributed by atoms with Crippen LogP contribution in [0.3, 0.4) is 0 Å². The number of hydrogen-bond acceptors (Lipinski definition) is 3. The van der Waals surface area contributed by atoms with Crippen molar-refractivity contribution in [1.29, 1.82) is 0 Å². The Morgan fingerprint density at radius 1 is 1.30 bits per heavy atom. The van der Waals surface area contributed by atoms with Gasteiger partial charge < -0.3 is 15.3 Å². The second-order valence-electron chi connectivity index (χ2n) is 8.83. The van der Waals surface area contributed by atoms with Gasteiger partial charge in [-0.05, 0) is 61.3 Å². The van der Waals surface area contributed by atoms with Crippen molar-refractivity contribution in [3.8, 4) is 0 Å². The third kappa shape index (κ3) is 3.16. The van der Waals surface area contributed by atoms with Crippen LogP contribution in [-0.2, 0) is 0 Å². The molecular formula is C20H34O3. The first-order valence-electron chi connectivity index (χ1n) is 8.92. The summed E-state index contributed by atoms with van der Waals surface area (Å²) < 4.78 is 0. The third-order valence-corrected chi connectivity index (χ3v) is 6.70. The monoisotopic (exact) mass is 322 g/mol. The number of aliphatic hydroxyl groups is 3. The molecule has 1 unspecified atom stereocenters. The second-order valence-corrected chi connectivity index (χ2v) is 8.83. The average molecular weight is 322 g/mol. The summed E-state index contributed by atoms with van der Waals surface area (Å²) in [6, 6.07) is 0. The molecule has 0 spiro atoms. The minimum atomic E-state index is -0.894. The molecule has 5 atom stereocenters.